The summed E-state index contributed by atoms with van der Waals surface area (Å²) in [6, 6.07) is 6.46. The molecule has 3 nitrogen and oxygen atoms in total. The second-order valence-corrected chi connectivity index (χ2v) is 5.58. The molecule has 0 spiro atoms. The summed E-state index contributed by atoms with van der Waals surface area (Å²) >= 11 is 0. The van der Waals surface area contributed by atoms with Crippen molar-refractivity contribution < 1.29 is 4.74 Å². The van der Waals surface area contributed by atoms with Crippen LogP contribution in [0.1, 0.15) is 18.4 Å². The summed E-state index contributed by atoms with van der Waals surface area (Å²) in [6.45, 7) is 4.34. The Morgan fingerprint density at radius 2 is 2.39 bits per heavy atom. The summed E-state index contributed by atoms with van der Waals surface area (Å²) in [5.74, 6) is 1.73. The highest BCUT2D eigenvalue weighted by Crippen LogP contribution is 2.27. The van der Waals surface area contributed by atoms with Crippen molar-refractivity contribution >= 4 is 5.69 Å². The number of likely N-dealkylation sites (tertiary alicyclic amines) is 1. The Kier molecular flexibility index (Phi) is 3.41. The minimum atomic E-state index is 0.698. The summed E-state index contributed by atoms with van der Waals surface area (Å²) in [6.07, 6.45) is 3.67. The number of rotatable bonds is 3. The Labute approximate surface area is 109 Å². The molecule has 98 valence electrons. The minimum absolute atomic E-state index is 0.698. The molecule has 0 amide bonds. The van der Waals surface area contributed by atoms with Gasteiger partial charge in [0, 0.05) is 24.7 Å². The van der Waals surface area contributed by atoms with Gasteiger partial charge in [-0.05, 0) is 56.6 Å². The van der Waals surface area contributed by atoms with Crippen LogP contribution in [-0.4, -0.2) is 38.2 Å². The second-order valence-electron chi connectivity index (χ2n) is 5.58. The molecule has 0 aromatic heterocycles. The molecule has 1 aromatic carbocycles. The van der Waals surface area contributed by atoms with Gasteiger partial charge >= 0.3 is 0 Å². The molecule has 0 bridgehead atoms. The summed E-state index contributed by atoms with van der Waals surface area (Å²) in [5.41, 5.74) is 2.69. The third-order valence-corrected chi connectivity index (χ3v) is 3.99. The third kappa shape index (κ3) is 2.61. The normalized spacial score (nSPS) is 23.5. The summed E-state index contributed by atoms with van der Waals surface area (Å²) in [7, 11) is 2.19. The monoisotopic (exact) mass is 246 g/mol. The number of hydrogen-bond acceptors (Lipinski definition) is 3. The Hall–Kier alpha value is -1.22. The van der Waals surface area contributed by atoms with Crippen molar-refractivity contribution in [2.45, 2.75) is 19.3 Å². The molecule has 2 aliphatic rings. The first kappa shape index (κ1) is 11.8. The van der Waals surface area contributed by atoms with E-state index < -0.39 is 0 Å². The zero-order valence-electron chi connectivity index (χ0n) is 11.1. The molecule has 1 aromatic rings. The maximum atomic E-state index is 5.95. The zero-order chi connectivity index (χ0) is 12.4. The van der Waals surface area contributed by atoms with E-state index >= 15 is 0 Å². The van der Waals surface area contributed by atoms with Crippen LogP contribution >= 0.6 is 0 Å². The average Bonchev–Trinajstić information content (AvgIpc) is 2.82. The minimum Gasteiger partial charge on any atom is -0.493 e. The largest absolute Gasteiger partial charge is 0.493 e. The maximum Gasteiger partial charge on any atom is 0.119 e. The van der Waals surface area contributed by atoms with Crippen LogP contribution in [0.5, 0.6) is 5.75 Å². The molecular formula is C15H22N2O. The molecule has 2 aliphatic heterocycles. The fraction of sp³-hybridized carbons (Fsp3) is 0.600. The first-order chi connectivity index (χ1) is 8.81. The number of ether oxygens (including phenoxy) is 1. The lowest BCUT2D eigenvalue weighted by Gasteiger charge is -2.19. The molecule has 3 rings (SSSR count). The predicted octanol–water partition coefficient (Wildman–Crippen LogP) is 2.38. The standard InChI is InChI=1S/C15H22N2O/c1-17-8-6-12(10-17)11-18-14-4-5-15-13(9-14)3-2-7-16-15/h4-5,9,12,16H,2-3,6-8,10-11H2,1H3. The van der Waals surface area contributed by atoms with Crippen molar-refractivity contribution in [3.8, 4) is 5.75 Å². The van der Waals surface area contributed by atoms with E-state index in [1.54, 1.807) is 0 Å². The van der Waals surface area contributed by atoms with E-state index in [4.69, 9.17) is 4.74 Å². The molecule has 1 fully saturated rings. The van der Waals surface area contributed by atoms with E-state index in [1.165, 1.54) is 43.6 Å². The zero-order valence-corrected chi connectivity index (χ0v) is 11.1. The van der Waals surface area contributed by atoms with Crippen LogP contribution in [0.4, 0.5) is 5.69 Å². The van der Waals surface area contributed by atoms with Crippen LogP contribution in [-0.2, 0) is 6.42 Å². The predicted molar refractivity (Wildman–Crippen MR) is 74.4 cm³/mol. The second kappa shape index (κ2) is 5.19. The number of nitrogens with one attached hydrogen (secondary N) is 1. The van der Waals surface area contributed by atoms with Crippen LogP contribution < -0.4 is 10.1 Å². The van der Waals surface area contributed by atoms with Crippen LogP contribution in [0.2, 0.25) is 0 Å². The number of fused-ring (bicyclic) bond motifs is 1. The van der Waals surface area contributed by atoms with Gasteiger partial charge in [0.05, 0.1) is 6.61 Å². The number of hydrogen-bond donors (Lipinski definition) is 1. The number of aryl methyl sites for hydroxylation is 1. The molecule has 0 radical (unpaired) electrons. The van der Waals surface area contributed by atoms with E-state index in [-0.39, 0.29) is 0 Å². The van der Waals surface area contributed by atoms with Crippen LogP contribution in [0, 0.1) is 5.92 Å². The van der Waals surface area contributed by atoms with Gasteiger partial charge in [0.25, 0.3) is 0 Å². The van der Waals surface area contributed by atoms with Gasteiger partial charge in [0.15, 0.2) is 0 Å². The topological polar surface area (TPSA) is 24.5 Å². The highest BCUT2D eigenvalue weighted by molar-refractivity contribution is 5.55. The fourth-order valence-electron chi connectivity index (χ4n) is 2.92. The lowest BCUT2D eigenvalue weighted by Crippen LogP contribution is -2.18. The molecule has 0 aliphatic carbocycles. The van der Waals surface area contributed by atoms with E-state index in [2.05, 4.69) is 35.5 Å². The fourth-order valence-corrected chi connectivity index (χ4v) is 2.92. The highest BCUT2D eigenvalue weighted by Gasteiger charge is 2.20. The van der Waals surface area contributed by atoms with Gasteiger partial charge in [0.1, 0.15) is 5.75 Å². The van der Waals surface area contributed by atoms with Gasteiger partial charge in [-0.25, -0.2) is 0 Å². The van der Waals surface area contributed by atoms with Crippen molar-refractivity contribution in [1.82, 2.24) is 4.90 Å². The van der Waals surface area contributed by atoms with Crippen LogP contribution in [0.3, 0.4) is 0 Å². The molecule has 1 unspecified atom stereocenters. The van der Waals surface area contributed by atoms with E-state index in [0.717, 1.165) is 18.9 Å². The summed E-state index contributed by atoms with van der Waals surface area (Å²) < 4.78 is 5.95. The van der Waals surface area contributed by atoms with Gasteiger partial charge in [0.2, 0.25) is 0 Å². The molecule has 1 N–H and O–H groups in total. The van der Waals surface area contributed by atoms with Crippen molar-refractivity contribution in [2.24, 2.45) is 5.92 Å². The first-order valence-corrected chi connectivity index (χ1v) is 6.99. The van der Waals surface area contributed by atoms with Gasteiger partial charge in [-0.1, -0.05) is 0 Å². The molecule has 2 heterocycles. The summed E-state index contributed by atoms with van der Waals surface area (Å²) in [4.78, 5) is 2.38. The van der Waals surface area contributed by atoms with Crippen molar-refractivity contribution in [3.05, 3.63) is 23.8 Å². The lowest BCUT2D eigenvalue weighted by atomic mass is 10.0. The van der Waals surface area contributed by atoms with Crippen molar-refractivity contribution in [3.63, 3.8) is 0 Å². The van der Waals surface area contributed by atoms with Gasteiger partial charge in [-0.3, -0.25) is 0 Å². The van der Waals surface area contributed by atoms with Crippen molar-refractivity contribution in [1.29, 1.82) is 0 Å². The molecular weight excluding hydrogens is 224 g/mol. The van der Waals surface area contributed by atoms with Gasteiger partial charge in [-0.15, -0.1) is 0 Å². The smallest absolute Gasteiger partial charge is 0.119 e. The Morgan fingerprint density at radius 1 is 1.44 bits per heavy atom. The highest BCUT2D eigenvalue weighted by atomic mass is 16.5. The Bertz CT molecular complexity index is 419. The molecule has 0 saturated carbocycles. The number of benzene rings is 1. The number of nitrogens with zero attached hydrogens (tertiary/aromatic N) is 1. The SMILES string of the molecule is CN1CCC(COc2ccc3c(c2)CCCN3)C1. The van der Waals surface area contributed by atoms with Crippen LogP contribution in [0.15, 0.2) is 18.2 Å². The van der Waals surface area contributed by atoms with Crippen LogP contribution in [0.25, 0.3) is 0 Å². The Balaban J connectivity index is 1.59. The summed E-state index contributed by atoms with van der Waals surface area (Å²) in [5, 5.41) is 3.43. The van der Waals surface area contributed by atoms with Gasteiger partial charge < -0.3 is 15.0 Å². The first-order valence-electron chi connectivity index (χ1n) is 6.99. The lowest BCUT2D eigenvalue weighted by molar-refractivity contribution is 0.249. The molecule has 1 atom stereocenters. The molecule has 1 saturated heterocycles. The van der Waals surface area contributed by atoms with Crippen molar-refractivity contribution in [2.75, 3.05) is 38.6 Å². The van der Waals surface area contributed by atoms with Gasteiger partial charge in [-0.2, -0.15) is 0 Å². The Morgan fingerprint density at radius 3 is 3.22 bits per heavy atom. The molecule has 18 heavy (non-hydrogen) atoms. The van der Waals surface area contributed by atoms with E-state index in [0.29, 0.717) is 5.92 Å². The molecule has 3 heteroatoms. The quantitative estimate of drug-likeness (QED) is 0.886. The van der Waals surface area contributed by atoms with E-state index in [9.17, 15) is 0 Å². The average molecular weight is 246 g/mol. The number of anilines is 1. The third-order valence-electron chi connectivity index (χ3n) is 3.99. The van der Waals surface area contributed by atoms with E-state index in [1.807, 2.05) is 0 Å². The maximum absolute atomic E-state index is 5.95.